The molecule has 0 amide bonds. The molecule has 0 aliphatic heterocycles. The quantitative estimate of drug-likeness (QED) is 0.321. The summed E-state index contributed by atoms with van der Waals surface area (Å²) in [5.74, 6) is -1.93. The first kappa shape index (κ1) is 21.0. The largest absolute Gasteiger partial charge is 0.419 e. The Morgan fingerprint density at radius 1 is 1.03 bits per heavy atom. The summed E-state index contributed by atoms with van der Waals surface area (Å²) in [6.07, 6.45) is -2.11. The van der Waals surface area contributed by atoms with Crippen LogP contribution in [0.2, 0.25) is 0 Å². The molecule has 0 fully saturated rings. The van der Waals surface area contributed by atoms with Crippen LogP contribution in [0.5, 0.6) is 0 Å². The van der Waals surface area contributed by atoms with E-state index in [1.165, 1.54) is 29.2 Å². The molecule has 0 spiro atoms. The van der Waals surface area contributed by atoms with Gasteiger partial charge in [-0.05, 0) is 42.3 Å². The Balaban J connectivity index is 1.76. The highest BCUT2D eigenvalue weighted by Gasteiger charge is 2.34. The summed E-state index contributed by atoms with van der Waals surface area (Å²) in [4.78, 5) is 4.20. The Kier molecular flexibility index (Phi) is 4.70. The van der Waals surface area contributed by atoms with Crippen molar-refractivity contribution < 1.29 is 22.0 Å². The van der Waals surface area contributed by atoms with Gasteiger partial charge < -0.3 is 0 Å². The topological polar surface area (TPSA) is 58.9 Å². The summed E-state index contributed by atoms with van der Waals surface area (Å²) >= 11 is 0. The SMILES string of the molecule is CC(C)c1nn2cnc(-c3ccc(F)c(C(F)(F)F)c3)cc2c1-c1ccc2[nH]ncc2c1F. The third-order valence-electron chi connectivity index (χ3n) is 5.50. The summed E-state index contributed by atoms with van der Waals surface area (Å²) in [5.41, 5.74) is 1.27. The van der Waals surface area contributed by atoms with E-state index in [0.717, 1.165) is 6.07 Å². The van der Waals surface area contributed by atoms with E-state index in [9.17, 15) is 17.6 Å². The third-order valence-corrected chi connectivity index (χ3v) is 5.50. The van der Waals surface area contributed by atoms with Gasteiger partial charge in [0.15, 0.2) is 0 Å². The number of halogens is 5. The molecule has 5 nitrogen and oxygen atoms in total. The van der Waals surface area contributed by atoms with E-state index in [0.29, 0.717) is 33.7 Å². The molecule has 2 aromatic carbocycles. The van der Waals surface area contributed by atoms with E-state index >= 15 is 4.39 Å². The molecule has 0 aliphatic rings. The molecule has 0 aliphatic carbocycles. The van der Waals surface area contributed by atoms with Crippen LogP contribution in [-0.4, -0.2) is 24.8 Å². The summed E-state index contributed by atoms with van der Waals surface area (Å²) in [7, 11) is 0. The Morgan fingerprint density at radius 3 is 2.55 bits per heavy atom. The maximum Gasteiger partial charge on any atom is 0.419 e. The third kappa shape index (κ3) is 3.42. The highest BCUT2D eigenvalue weighted by Crippen LogP contribution is 2.38. The van der Waals surface area contributed by atoms with Crippen molar-refractivity contribution in [2.45, 2.75) is 25.9 Å². The number of aromatic nitrogens is 5. The lowest BCUT2D eigenvalue weighted by Crippen LogP contribution is -2.08. The second kappa shape index (κ2) is 7.36. The van der Waals surface area contributed by atoms with Gasteiger partial charge in [0.05, 0.1) is 39.6 Å². The van der Waals surface area contributed by atoms with Crippen molar-refractivity contribution in [1.82, 2.24) is 24.8 Å². The van der Waals surface area contributed by atoms with Crippen LogP contribution in [0.25, 0.3) is 38.8 Å². The predicted molar refractivity (Wildman–Crippen MR) is 113 cm³/mol. The minimum Gasteiger partial charge on any atom is -0.278 e. The summed E-state index contributed by atoms with van der Waals surface area (Å²) < 4.78 is 70.2. The zero-order valence-corrected chi connectivity index (χ0v) is 17.4. The molecule has 10 heteroatoms. The van der Waals surface area contributed by atoms with Gasteiger partial charge in [-0.1, -0.05) is 13.8 Å². The fourth-order valence-electron chi connectivity index (χ4n) is 3.89. The van der Waals surface area contributed by atoms with Crippen LogP contribution < -0.4 is 0 Å². The maximum atomic E-state index is 15.4. The molecule has 3 heterocycles. The number of hydrogen-bond donors (Lipinski definition) is 1. The number of H-pyrrole nitrogens is 1. The van der Waals surface area contributed by atoms with Crippen LogP contribution in [0.15, 0.2) is 48.9 Å². The van der Waals surface area contributed by atoms with E-state index in [1.54, 1.807) is 12.1 Å². The smallest absolute Gasteiger partial charge is 0.278 e. The lowest BCUT2D eigenvalue weighted by Gasteiger charge is -2.10. The highest BCUT2D eigenvalue weighted by molar-refractivity contribution is 5.91. The average Bonchev–Trinajstić information content (AvgIpc) is 3.38. The van der Waals surface area contributed by atoms with Gasteiger partial charge in [0.2, 0.25) is 0 Å². The Morgan fingerprint density at radius 2 is 1.82 bits per heavy atom. The zero-order valence-electron chi connectivity index (χ0n) is 17.4. The lowest BCUT2D eigenvalue weighted by atomic mass is 9.96. The first-order valence-corrected chi connectivity index (χ1v) is 10.0. The number of rotatable bonds is 3. The van der Waals surface area contributed by atoms with Crippen molar-refractivity contribution in [2.75, 3.05) is 0 Å². The molecule has 5 rings (SSSR count). The number of benzene rings is 2. The highest BCUT2D eigenvalue weighted by atomic mass is 19.4. The molecule has 0 unspecified atom stereocenters. The molecule has 0 saturated carbocycles. The summed E-state index contributed by atoms with van der Waals surface area (Å²) in [6, 6.07) is 7.53. The molecule has 5 aromatic rings. The molecular formula is C23H16F5N5. The Hall–Kier alpha value is -3.82. The fourth-order valence-corrected chi connectivity index (χ4v) is 3.89. The van der Waals surface area contributed by atoms with Gasteiger partial charge in [0.25, 0.3) is 0 Å². The Labute approximate surface area is 183 Å². The van der Waals surface area contributed by atoms with Crippen molar-refractivity contribution >= 4 is 16.4 Å². The number of fused-ring (bicyclic) bond motifs is 2. The first-order chi connectivity index (χ1) is 15.6. The van der Waals surface area contributed by atoms with Gasteiger partial charge in [-0.25, -0.2) is 18.3 Å². The van der Waals surface area contributed by atoms with Crippen LogP contribution in [0.3, 0.4) is 0 Å². The van der Waals surface area contributed by atoms with E-state index in [2.05, 4.69) is 20.3 Å². The minimum atomic E-state index is -4.85. The number of nitrogens with zero attached hydrogens (tertiary/aromatic N) is 4. The van der Waals surface area contributed by atoms with Gasteiger partial charge in [0, 0.05) is 16.7 Å². The molecular weight excluding hydrogens is 441 g/mol. The molecule has 33 heavy (non-hydrogen) atoms. The fraction of sp³-hybridized carbons (Fsp3) is 0.174. The van der Waals surface area contributed by atoms with Gasteiger partial charge >= 0.3 is 6.18 Å². The van der Waals surface area contributed by atoms with Crippen molar-refractivity contribution in [3.63, 3.8) is 0 Å². The number of nitrogens with one attached hydrogen (secondary N) is 1. The maximum absolute atomic E-state index is 15.4. The number of hydrogen-bond acceptors (Lipinski definition) is 3. The lowest BCUT2D eigenvalue weighted by molar-refractivity contribution is -0.139. The zero-order chi connectivity index (χ0) is 23.5. The van der Waals surface area contributed by atoms with Crippen molar-refractivity contribution in [1.29, 1.82) is 0 Å². The second-order valence-electron chi connectivity index (χ2n) is 7.97. The Bertz CT molecular complexity index is 1510. The molecule has 3 aromatic heterocycles. The predicted octanol–water partition coefficient (Wildman–Crippen LogP) is 6.36. The van der Waals surface area contributed by atoms with Crippen LogP contribution in [0.1, 0.15) is 31.0 Å². The van der Waals surface area contributed by atoms with E-state index < -0.39 is 23.4 Å². The van der Waals surface area contributed by atoms with Crippen molar-refractivity contribution in [3.8, 4) is 22.4 Å². The average molecular weight is 457 g/mol. The standard InChI is InChI=1S/C23H16F5N5/c1-11(2)22-20(13-4-6-17-14(21(13)25)9-30-31-17)19-8-18(29-10-33(19)32-22)12-3-5-16(24)15(7-12)23(26,27)28/h3-11H,1-2H3,(H,30,31). The number of aromatic amines is 1. The second-order valence-corrected chi connectivity index (χ2v) is 7.97. The molecule has 0 radical (unpaired) electrons. The molecule has 0 saturated heterocycles. The first-order valence-electron chi connectivity index (χ1n) is 10.0. The number of alkyl halides is 3. The van der Waals surface area contributed by atoms with Crippen molar-refractivity contribution in [2.24, 2.45) is 0 Å². The minimum absolute atomic E-state index is 0.0783. The molecule has 0 bridgehead atoms. The van der Waals surface area contributed by atoms with Crippen LogP contribution >= 0.6 is 0 Å². The normalized spacial score (nSPS) is 12.4. The molecule has 1 N–H and O–H groups in total. The molecule has 0 atom stereocenters. The van der Waals surface area contributed by atoms with E-state index in [-0.39, 0.29) is 22.7 Å². The van der Waals surface area contributed by atoms with Crippen LogP contribution in [-0.2, 0) is 6.18 Å². The van der Waals surface area contributed by atoms with Gasteiger partial charge in [-0.3, -0.25) is 5.10 Å². The van der Waals surface area contributed by atoms with Gasteiger partial charge in [-0.2, -0.15) is 23.4 Å². The van der Waals surface area contributed by atoms with Gasteiger partial charge in [0.1, 0.15) is 18.0 Å². The van der Waals surface area contributed by atoms with E-state index in [4.69, 9.17) is 0 Å². The van der Waals surface area contributed by atoms with Gasteiger partial charge in [-0.15, -0.1) is 0 Å². The summed E-state index contributed by atoms with van der Waals surface area (Å²) in [6.45, 7) is 3.81. The van der Waals surface area contributed by atoms with Crippen molar-refractivity contribution in [3.05, 3.63) is 71.8 Å². The summed E-state index contributed by atoms with van der Waals surface area (Å²) in [5, 5.41) is 11.4. The van der Waals surface area contributed by atoms with Crippen LogP contribution in [0, 0.1) is 11.6 Å². The monoisotopic (exact) mass is 457 g/mol. The van der Waals surface area contributed by atoms with Crippen LogP contribution in [0.4, 0.5) is 22.0 Å². The molecule has 168 valence electrons. The van der Waals surface area contributed by atoms with E-state index in [1.807, 2.05) is 13.8 Å².